The van der Waals surface area contributed by atoms with Crippen LogP contribution in [-0.2, 0) is 53.1 Å². The quantitative estimate of drug-likeness (QED) is 0.0282. The van der Waals surface area contributed by atoms with Gasteiger partial charge in [0.25, 0.3) is 0 Å². The van der Waals surface area contributed by atoms with Gasteiger partial charge in [0.1, 0.15) is 0 Å². The van der Waals surface area contributed by atoms with Crippen molar-refractivity contribution in [2.75, 3.05) is 0 Å². The number of aryl methyl sites for hydroxylation is 2. The molecule has 2 saturated heterocycles. The molecule has 8 aromatic rings. The van der Waals surface area contributed by atoms with Gasteiger partial charge in [0.2, 0.25) is 0 Å². The highest BCUT2D eigenvalue weighted by Gasteiger charge is 2.56. The van der Waals surface area contributed by atoms with E-state index in [1.165, 1.54) is 377 Å². The molecule has 2 heterocycles. The Balaban J connectivity index is 0.000000164. The lowest BCUT2D eigenvalue weighted by atomic mass is 9.65. The highest BCUT2D eigenvalue weighted by molar-refractivity contribution is 9.10. The molecule has 4 nitrogen and oxygen atoms in total. The predicted octanol–water partition coefficient (Wildman–Crippen LogP) is 35.7. The molecule has 6 aliphatic carbocycles. The van der Waals surface area contributed by atoms with Crippen molar-refractivity contribution < 1.29 is 18.6 Å². The Morgan fingerprint density at radius 1 is 0.273 bits per heavy atom. The first-order chi connectivity index (χ1) is 61.8. The average Bonchev–Trinajstić information content (AvgIpc) is 1.56. The van der Waals surface area contributed by atoms with E-state index in [4.69, 9.17) is 18.6 Å². The van der Waals surface area contributed by atoms with Crippen molar-refractivity contribution >= 4 is 57.0 Å². The Labute approximate surface area is 797 Å². The second-order valence-electron chi connectivity index (χ2n) is 43.4. The summed E-state index contributed by atoms with van der Waals surface area (Å²) in [6.07, 6.45) is 63.6. The molecule has 0 radical (unpaired) electrons. The molecule has 0 aromatic heterocycles. The van der Waals surface area contributed by atoms with E-state index in [-0.39, 0.29) is 58.3 Å². The fourth-order valence-corrected chi connectivity index (χ4v) is 25.7. The Kier molecular flexibility index (Phi) is 33.9. The first-order valence-corrected chi connectivity index (χ1v) is 54.6. The maximum Gasteiger partial charge on any atom is 0.494 e. The van der Waals surface area contributed by atoms with Gasteiger partial charge in [0.15, 0.2) is 0 Å². The van der Waals surface area contributed by atoms with Crippen molar-refractivity contribution in [1.29, 1.82) is 0 Å². The zero-order chi connectivity index (χ0) is 90.5. The van der Waals surface area contributed by atoms with Crippen LogP contribution in [0.25, 0.3) is 55.6 Å². The summed E-state index contributed by atoms with van der Waals surface area (Å²) in [6, 6.07) is 53.4. The van der Waals surface area contributed by atoms with Gasteiger partial charge >= 0.3 is 14.2 Å². The van der Waals surface area contributed by atoms with E-state index in [9.17, 15) is 0 Å². The van der Waals surface area contributed by atoms with Crippen molar-refractivity contribution in [3.63, 3.8) is 0 Å². The van der Waals surface area contributed by atoms with Crippen LogP contribution < -0.4 is 10.9 Å². The molecule has 690 valence electrons. The summed E-state index contributed by atoms with van der Waals surface area (Å²) < 4.78 is 28.9. The van der Waals surface area contributed by atoms with E-state index in [1.807, 2.05) is 0 Å². The van der Waals surface area contributed by atoms with E-state index in [0.717, 1.165) is 23.8 Å². The van der Waals surface area contributed by atoms with Crippen molar-refractivity contribution in [2.45, 2.75) is 463 Å². The summed E-state index contributed by atoms with van der Waals surface area (Å²) in [7, 11) is -0.731. The normalized spacial score (nSPS) is 19.3. The molecule has 0 amide bonds. The molecule has 16 rings (SSSR count). The standard InChI is InChI=1S/C55H74.C41H64B2O4.C24H28Br2/c1-6-9-12-15-18-21-34-54(35-22-19-16-13-10-7-2)50-38-41(4)26-29-45(50)46-31-28-43(40-52(46)54)44-32-33-49-47-30-27-42(5)39-51(47)55(36-23-20-17-14-11-8-3)37-24-25-48(44)53(49)55;1-11-13-15-17-19-21-27-41(28-22-20-18-16-14-12-2)35-29-31(42-44-37(3,4)38(5,6)45-42)23-25-33(35)34-26-24-32(30-36(34)41)43-46-39(7,8)40(9,10)47-43;1-2-3-4-5-6-7-14-24-15-8-9-20-22(26)13-12-19(23(20)24)18-11-10-17(25)16-21(18)24/h26-33,38-40H,6-25,34-37H2,1-5H3;23-26,29-30H,11-22,27-28H2,1-10H3;10-13,16H,2-9,14-15H2,1H3. The highest BCUT2D eigenvalue weighted by atomic mass is 79.9. The molecular formula is C120H166B2Br2O4. The fourth-order valence-electron chi connectivity index (χ4n) is 24.8. The summed E-state index contributed by atoms with van der Waals surface area (Å²) in [5.74, 6) is 0. The highest BCUT2D eigenvalue weighted by Crippen LogP contribution is 2.63. The zero-order valence-electron chi connectivity index (χ0n) is 83.2. The Morgan fingerprint density at radius 3 is 0.969 bits per heavy atom. The lowest BCUT2D eigenvalue weighted by Crippen LogP contribution is -2.41. The SMILES string of the molecule is CCCCCCCCC1(CCCCCCCC)c2cc(B3OC(C)(C)C(C)(C)O3)ccc2-c2ccc(B3OC(C)(C)C(C)(C)O3)cc21.CCCCCCCCC1(CCCCCCCC)c2cc(C)ccc2-c2ccc(-c3ccc4c5c3CCCC5(CCCCCCCC)c3cc(C)ccc3-4)cc21.CCCCCCCCC12CCCc3c(Br)ccc(c31)-c1ccc(Br)cc12. The minimum atomic E-state index is -0.370. The van der Waals surface area contributed by atoms with Gasteiger partial charge in [-0.2, -0.15) is 0 Å². The van der Waals surface area contributed by atoms with Crippen LogP contribution in [0.5, 0.6) is 0 Å². The minimum Gasteiger partial charge on any atom is -0.399 e. The van der Waals surface area contributed by atoms with Gasteiger partial charge in [-0.1, -0.05) is 425 Å². The molecule has 0 spiro atoms. The smallest absolute Gasteiger partial charge is 0.399 e. The number of hydrogen-bond acceptors (Lipinski definition) is 4. The van der Waals surface area contributed by atoms with E-state index < -0.39 is 0 Å². The number of hydrogen-bond donors (Lipinski definition) is 0. The third kappa shape index (κ3) is 20.7. The van der Waals surface area contributed by atoms with E-state index in [0.29, 0.717) is 0 Å². The molecule has 0 saturated carbocycles. The molecular weight excluding hydrogens is 1690 g/mol. The van der Waals surface area contributed by atoms with Crippen molar-refractivity contribution in [3.8, 4) is 55.6 Å². The molecule has 8 heteroatoms. The van der Waals surface area contributed by atoms with Crippen LogP contribution in [0.15, 0.2) is 142 Å². The number of benzene rings is 8. The van der Waals surface area contributed by atoms with Crippen LogP contribution in [0.1, 0.15) is 459 Å². The molecule has 8 aromatic carbocycles. The minimum absolute atomic E-state index is 0.0561. The van der Waals surface area contributed by atoms with Gasteiger partial charge in [0, 0.05) is 30.6 Å². The van der Waals surface area contributed by atoms with Crippen LogP contribution in [0.2, 0.25) is 0 Å². The maximum absolute atomic E-state index is 6.60. The molecule has 2 unspecified atom stereocenters. The summed E-state index contributed by atoms with van der Waals surface area (Å²) in [5.41, 5.74) is 35.0. The van der Waals surface area contributed by atoms with Crippen LogP contribution >= 0.6 is 31.9 Å². The zero-order valence-corrected chi connectivity index (χ0v) is 86.4. The van der Waals surface area contributed by atoms with Crippen molar-refractivity contribution in [2.24, 2.45) is 0 Å². The Morgan fingerprint density at radius 2 is 0.562 bits per heavy atom. The van der Waals surface area contributed by atoms with Crippen LogP contribution in [0, 0.1) is 13.8 Å². The number of fused-ring (bicyclic) bond motifs is 12. The van der Waals surface area contributed by atoms with E-state index in [2.05, 4.69) is 276 Å². The lowest BCUT2D eigenvalue weighted by molar-refractivity contribution is 0.00578. The van der Waals surface area contributed by atoms with Crippen molar-refractivity contribution in [1.82, 2.24) is 0 Å². The first-order valence-electron chi connectivity index (χ1n) is 53.0. The van der Waals surface area contributed by atoms with Gasteiger partial charge in [-0.05, 0) is 293 Å². The third-order valence-electron chi connectivity index (χ3n) is 33.4. The summed E-state index contributed by atoms with van der Waals surface area (Å²) in [6.45, 7) is 35.7. The van der Waals surface area contributed by atoms with E-state index in [1.54, 1.807) is 50.1 Å². The van der Waals surface area contributed by atoms with Gasteiger partial charge in [-0.25, -0.2) is 0 Å². The fraction of sp³-hybridized carbons (Fsp3) is 0.600. The topological polar surface area (TPSA) is 36.9 Å². The molecule has 0 bridgehead atoms. The summed E-state index contributed by atoms with van der Waals surface area (Å²) in [4.78, 5) is 0. The van der Waals surface area contributed by atoms with Gasteiger partial charge in [0.05, 0.1) is 22.4 Å². The van der Waals surface area contributed by atoms with Crippen LogP contribution in [0.4, 0.5) is 0 Å². The molecule has 8 aliphatic rings. The van der Waals surface area contributed by atoms with Crippen molar-refractivity contribution in [3.05, 3.63) is 209 Å². The number of unbranched alkanes of at least 4 members (excludes halogenated alkanes) is 30. The second-order valence-corrected chi connectivity index (χ2v) is 45.2. The van der Waals surface area contributed by atoms with Crippen LogP contribution in [-0.4, -0.2) is 36.6 Å². The lowest BCUT2D eigenvalue weighted by Gasteiger charge is -2.38. The third-order valence-corrected chi connectivity index (χ3v) is 34.6. The number of halogens is 2. The molecule has 0 N–H and O–H groups in total. The molecule has 2 atom stereocenters. The molecule has 128 heavy (non-hydrogen) atoms. The largest absolute Gasteiger partial charge is 0.494 e. The molecule has 2 aliphatic heterocycles. The van der Waals surface area contributed by atoms with E-state index >= 15 is 0 Å². The Hall–Kier alpha value is -5.31. The van der Waals surface area contributed by atoms with Gasteiger partial charge < -0.3 is 18.6 Å². The monoisotopic (exact) mass is 1850 g/mol. The summed E-state index contributed by atoms with van der Waals surface area (Å²) in [5, 5.41) is 0. The van der Waals surface area contributed by atoms with Gasteiger partial charge in [-0.3, -0.25) is 0 Å². The van der Waals surface area contributed by atoms with Crippen LogP contribution in [0.3, 0.4) is 0 Å². The maximum atomic E-state index is 6.60. The summed E-state index contributed by atoms with van der Waals surface area (Å²) >= 11 is 7.60. The predicted molar refractivity (Wildman–Crippen MR) is 560 cm³/mol. The van der Waals surface area contributed by atoms with Gasteiger partial charge in [-0.15, -0.1) is 0 Å². The second kappa shape index (κ2) is 44.0. The number of rotatable bonds is 45. The average molecular weight is 1850 g/mol. The first kappa shape index (κ1) is 98.7. The molecule has 2 fully saturated rings. The Bertz CT molecular complexity index is 4870.